The van der Waals surface area contributed by atoms with Crippen LogP contribution in [0.5, 0.6) is 5.75 Å². The first kappa shape index (κ1) is 20.5. The first-order valence-corrected chi connectivity index (χ1v) is 8.03. The maximum Gasteiger partial charge on any atom is 0.128 e. The molecule has 0 radical (unpaired) electrons. The number of hydrogen-bond acceptors (Lipinski definition) is 4. The molecular formula is C17H29Cl2N3O. The molecule has 1 aromatic heterocycles. The zero-order valence-electron chi connectivity index (χ0n) is 14.5. The van der Waals surface area contributed by atoms with E-state index in [2.05, 4.69) is 36.1 Å². The average Bonchev–Trinajstić information content (AvgIpc) is 2.81. The van der Waals surface area contributed by atoms with Crippen LogP contribution < -0.4 is 10.1 Å². The van der Waals surface area contributed by atoms with Crippen LogP contribution in [0.15, 0.2) is 6.20 Å². The molecule has 1 N–H and O–H groups in total. The van der Waals surface area contributed by atoms with E-state index in [0.29, 0.717) is 6.04 Å². The van der Waals surface area contributed by atoms with Crippen molar-refractivity contribution in [1.82, 2.24) is 15.2 Å². The molecule has 2 fully saturated rings. The highest BCUT2D eigenvalue weighted by atomic mass is 35.5. The van der Waals surface area contributed by atoms with Gasteiger partial charge < -0.3 is 10.1 Å². The number of fused-ring (bicyclic) bond motifs is 2. The third kappa shape index (κ3) is 4.30. The van der Waals surface area contributed by atoms with E-state index in [1.807, 2.05) is 6.20 Å². The number of hydrogen-bond donors (Lipinski definition) is 1. The molecule has 6 heteroatoms. The monoisotopic (exact) mass is 361 g/mol. The van der Waals surface area contributed by atoms with Crippen molar-refractivity contribution < 1.29 is 4.74 Å². The summed E-state index contributed by atoms with van der Waals surface area (Å²) in [7, 11) is 3.98. The predicted octanol–water partition coefficient (Wildman–Crippen LogP) is 3.27. The van der Waals surface area contributed by atoms with Crippen molar-refractivity contribution in [3.63, 3.8) is 0 Å². The minimum atomic E-state index is 0. The Hall–Kier alpha value is -0.550. The fourth-order valence-electron chi connectivity index (χ4n) is 3.98. The number of piperidine rings is 1. The third-order valence-corrected chi connectivity index (χ3v) is 5.22. The van der Waals surface area contributed by atoms with Crippen molar-refractivity contribution in [1.29, 1.82) is 0 Å². The van der Waals surface area contributed by atoms with Gasteiger partial charge in [-0.3, -0.25) is 9.88 Å². The number of ether oxygens (including phenoxy) is 1. The molecule has 4 nitrogen and oxygen atoms in total. The van der Waals surface area contributed by atoms with E-state index in [1.165, 1.54) is 31.2 Å². The molecule has 2 aliphatic heterocycles. The van der Waals surface area contributed by atoms with Crippen LogP contribution in [-0.4, -0.2) is 42.2 Å². The summed E-state index contributed by atoms with van der Waals surface area (Å²) < 4.78 is 5.52. The Kier molecular flexibility index (Phi) is 7.59. The molecule has 3 heterocycles. The van der Waals surface area contributed by atoms with E-state index in [4.69, 9.17) is 4.74 Å². The van der Waals surface area contributed by atoms with Crippen LogP contribution in [0.4, 0.5) is 0 Å². The van der Waals surface area contributed by atoms with Crippen molar-refractivity contribution in [2.75, 3.05) is 14.2 Å². The molecule has 132 valence electrons. The molecule has 0 saturated carbocycles. The number of pyridine rings is 1. The van der Waals surface area contributed by atoms with Crippen molar-refractivity contribution >= 4 is 24.8 Å². The lowest BCUT2D eigenvalue weighted by Crippen LogP contribution is -2.46. The maximum absolute atomic E-state index is 5.52. The lowest BCUT2D eigenvalue weighted by atomic mass is 9.98. The van der Waals surface area contributed by atoms with Crippen LogP contribution in [0.25, 0.3) is 0 Å². The Balaban J connectivity index is 0.00000132. The zero-order valence-corrected chi connectivity index (χ0v) is 16.1. The van der Waals surface area contributed by atoms with E-state index in [0.717, 1.165) is 35.6 Å². The summed E-state index contributed by atoms with van der Waals surface area (Å²) in [4.78, 5) is 7.12. The molecule has 2 saturated heterocycles. The van der Waals surface area contributed by atoms with Gasteiger partial charge in [-0.2, -0.15) is 0 Å². The third-order valence-electron chi connectivity index (χ3n) is 5.22. The lowest BCUT2D eigenvalue weighted by molar-refractivity contribution is 0.164. The first-order chi connectivity index (χ1) is 10.1. The van der Waals surface area contributed by atoms with E-state index < -0.39 is 0 Å². The molecule has 0 aromatic carbocycles. The summed E-state index contributed by atoms with van der Waals surface area (Å²) in [5, 5.41) is 3.71. The predicted molar refractivity (Wildman–Crippen MR) is 99.2 cm³/mol. The Bertz CT molecular complexity index is 515. The van der Waals surface area contributed by atoms with Crippen LogP contribution in [0.3, 0.4) is 0 Å². The van der Waals surface area contributed by atoms with Gasteiger partial charge in [-0.25, -0.2) is 0 Å². The smallest absolute Gasteiger partial charge is 0.128 e. The molecule has 2 unspecified atom stereocenters. The van der Waals surface area contributed by atoms with Gasteiger partial charge in [0.05, 0.1) is 12.8 Å². The Labute approximate surface area is 152 Å². The minimum Gasteiger partial charge on any atom is -0.496 e. The molecule has 0 amide bonds. The second kappa shape index (κ2) is 8.52. The summed E-state index contributed by atoms with van der Waals surface area (Å²) in [6.45, 7) is 5.08. The van der Waals surface area contributed by atoms with Gasteiger partial charge in [0.1, 0.15) is 5.75 Å². The van der Waals surface area contributed by atoms with E-state index in [1.54, 1.807) is 7.11 Å². The maximum atomic E-state index is 5.52. The SMILES string of the molecule is COc1c(C)cnc(CN(C)C2CC3CCC(C2)N3)c1C.Cl.Cl. The van der Waals surface area contributed by atoms with Gasteiger partial charge in [-0.15, -0.1) is 24.8 Å². The minimum absolute atomic E-state index is 0. The highest BCUT2D eigenvalue weighted by Crippen LogP contribution is 2.31. The fourth-order valence-corrected chi connectivity index (χ4v) is 3.98. The van der Waals surface area contributed by atoms with Crippen molar-refractivity contribution in [2.24, 2.45) is 0 Å². The topological polar surface area (TPSA) is 37.4 Å². The summed E-state index contributed by atoms with van der Waals surface area (Å²) >= 11 is 0. The highest BCUT2D eigenvalue weighted by Gasteiger charge is 2.35. The summed E-state index contributed by atoms with van der Waals surface area (Å²) in [5.41, 5.74) is 3.44. The van der Waals surface area contributed by atoms with Crippen LogP contribution in [0.2, 0.25) is 0 Å². The molecular weight excluding hydrogens is 333 g/mol. The summed E-state index contributed by atoms with van der Waals surface area (Å²) in [6.07, 6.45) is 7.18. The lowest BCUT2D eigenvalue weighted by Gasteiger charge is -2.35. The zero-order chi connectivity index (χ0) is 15.0. The van der Waals surface area contributed by atoms with E-state index >= 15 is 0 Å². The number of nitrogens with zero attached hydrogens (tertiary/aromatic N) is 2. The van der Waals surface area contributed by atoms with Crippen LogP contribution in [0, 0.1) is 13.8 Å². The van der Waals surface area contributed by atoms with Gasteiger partial charge in [0.25, 0.3) is 0 Å². The largest absolute Gasteiger partial charge is 0.496 e. The van der Waals surface area contributed by atoms with E-state index in [9.17, 15) is 0 Å². The van der Waals surface area contributed by atoms with Gasteiger partial charge in [-0.1, -0.05) is 0 Å². The fraction of sp³-hybridized carbons (Fsp3) is 0.706. The number of aromatic nitrogens is 1. The van der Waals surface area contributed by atoms with Crippen molar-refractivity contribution in [2.45, 2.75) is 64.2 Å². The average molecular weight is 362 g/mol. The quantitative estimate of drug-likeness (QED) is 0.892. The standard InChI is InChI=1S/C17H27N3O.2ClH/c1-11-9-18-16(12(2)17(11)21-4)10-20(3)15-7-13-5-6-14(8-15)19-13;;/h9,13-15,19H,5-8,10H2,1-4H3;2*1H. The number of halogens is 2. The molecule has 1 aromatic rings. The van der Waals surface area contributed by atoms with Crippen molar-refractivity contribution in [3.8, 4) is 5.75 Å². The number of nitrogens with one attached hydrogen (secondary N) is 1. The molecule has 3 rings (SSSR count). The van der Waals surface area contributed by atoms with E-state index in [-0.39, 0.29) is 24.8 Å². The Morgan fingerprint density at radius 2 is 1.83 bits per heavy atom. The summed E-state index contributed by atoms with van der Waals surface area (Å²) in [5.74, 6) is 0.985. The Morgan fingerprint density at radius 1 is 1.22 bits per heavy atom. The second-order valence-electron chi connectivity index (χ2n) is 6.72. The van der Waals surface area contributed by atoms with Gasteiger partial charge in [0.2, 0.25) is 0 Å². The molecule has 2 aliphatic rings. The second-order valence-corrected chi connectivity index (χ2v) is 6.72. The number of methoxy groups -OCH3 is 1. The first-order valence-electron chi connectivity index (χ1n) is 8.03. The number of rotatable bonds is 4. The highest BCUT2D eigenvalue weighted by molar-refractivity contribution is 5.85. The Morgan fingerprint density at radius 3 is 2.39 bits per heavy atom. The molecule has 2 atom stereocenters. The van der Waals surface area contributed by atoms with Crippen LogP contribution >= 0.6 is 24.8 Å². The number of aryl methyl sites for hydroxylation is 1. The molecule has 2 bridgehead atoms. The van der Waals surface area contributed by atoms with Gasteiger partial charge in [0.15, 0.2) is 0 Å². The van der Waals surface area contributed by atoms with Gasteiger partial charge in [0, 0.05) is 42.0 Å². The molecule has 23 heavy (non-hydrogen) atoms. The van der Waals surface area contributed by atoms with Crippen molar-refractivity contribution in [3.05, 3.63) is 23.0 Å². The van der Waals surface area contributed by atoms with Gasteiger partial charge in [-0.05, 0) is 46.6 Å². The molecule has 0 aliphatic carbocycles. The van der Waals surface area contributed by atoms with Gasteiger partial charge >= 0.3 is 0 Å². The van der Waals surface area contributed by atoms with Crippen LogP contribution in [-0.2, 0) is 6.54 Å². The summed E-state index contributed by atoms with van der Waals surface area (Å²) in [6, 6.07) is 2.15. The normalized spacial score (nSPS) is 25.7. The van der Waals surface area contributed by atoms with Crippen LogP contribution in [0.1, 0.15) is 42.5 Å². The molecule has 0 spiro atoms.